The summed E-state index contributed by atoms with van der Waals surface area (Å²) in [4.78, 5) is 72.9. The van der Waals surface area contributed by atoms with E-state index < -0.39 is 97.5 Å². The van der Waals surface area contributed by atoms with Gasteiger partial charge in [-0.3, -0.25) is 37.3 Å². The molecule has 0 aromatic rings. The van der Waals surface area contributed by atoms with E-state index in [9.17, 15) is 43.2 Å². The SMILES string of the molecule is CC/C=C\C/C=C\C/C=C\CCCCCCCCCC(=O)OCC(COP(=O)(O)OCC(O)COP(=O)(O)OCC(COC(=O)CCCCCCCC/C=C\C/C=C\C/C=C\CCCCC)OC(=O)CCCCCCCCCCCCC)OC(=O)CCCCCCC/C=C\C/C=C\CCC. The van der Waals surface area contributed by atoms with Gasteiger partial charge in [0.25, 0.3) is 0 Å². The largest absolute Gasteiger partial charge is 0.472 e. The first kappa shape index (κ1) is 96.0. The molecule has 0 spiro atoms. The number of phosphoric acid groups is 2. The van der Waals surface area contributed by atoms with Crippen LogP contribution in [0.4, 0.5) is 0 Å². The highest BCUT2D eigenvalue weighted by Gasteiger charge is 2.30. The van der Waals surface area contributed by atoms with Crippen LogP contribution in [0, 0.1) is 0 Å². The number of rotatable bonds is 74. The Morgan fingerprint density at radius 2 is 0.540 bits per heavy atom. The van der Waals surface area contributed by atoms with E-state index in [0.717, 1.165) is 199 Å². The molecule has 5 atom stereocenters. The van der Waals surface area contributed by atoms with Gasteiger partial charge in [0.15, 0.2) is 12.2 Å². The first-order valence-electron chi connectivity index (χ1n) is 39.5. The molecule has 0 heterocycles. The lowest BCUT2D eigenvalue weighted by Crippen LogP contribution is -2.30. The lowest BCUT2D eigenvalue weighted by atomic mass is 10.1. The molecular formula is C81H142O17P2. The molecule has 19 heteroatoms. The molecule has 0 rings (SSSR count). The molecule has 0 aliphatic carbocycles. The van der Waals surface area contributed by atoms with Crippen LogP contribution in [-0.2, 0) is 65.4 Å². The third-order valence-electron chi connectivity index (χ3n) is 16.5. The quantitative estimate of drug-likeness (QED) is 0.0169. The molecule has 0 bridgehead atoms. The van der Waals surface area contributed by atoms with E-state index in [1.807, 2.05) is 0 Å². The van der Waals surface area contributed by atoms with Gasteiger partial charge in [-0.1, -0.05) is 285 Å². The van der Waals surface area contributed by atoms with Crippen LogP contribution >= 0.6 is 15.6 Å². The van der Waals surface area contributed by atoms with Crippen molar-refractivity contribution in [1.29, 1.82) is 0 Å². The van der Waals surface area contributed by atoms with Crippen molar-refractivity contribution in [2.75, 3.05) is 39.6 Å². The van der Waals surface area contributed by atoms with Crippen LogP contribution in [0.15, 0.2) is 97.2 Å². The highest BCUT2D eigenvalue weighted by Crippen LogP contribution is 2.45. The molecule has 0 aliphatic heterocycles. The molecule has 3 N–H and O–H groups in total. The molecule has 578 valence electrons. The summed E-state index contributed by atoms with van der Waals surface area (Å²) in [6.07, 6.45) is 76.7. The molecule has 0 fully saturated rings. The average molecular weight is 1450 g/mol. The Morgan fingerprint density at radius 1 is 0.290 bits per heavy atom. The smallest absolute Gasteiger partial charge is 0.462 e. The highest BCUT2D eigenvalue weighted by molar-refractivity contribution is 7.47. The number of carbonyl (C=O) groups excluding carboxylic acids is 4. The second-order valence-electron chi connectivity index (χ2n) is 26.3. The number of unbranched alkanes of at least 4 members (excludes halogenated alkanes) is 32. The van der Waals surface area contributed by atoms with Crippen molar-refractivity contribution < 1.29 is 80.2 Å². The molecule has 0 saturated carbocycles. The lowest BCUT2D eigenvalue weighted by molar-refractivity contribution is -0.161. The van der Waals surface area contributed by atoms with Crippen LogP contribution in [0.5, 0.6) is 0 Å². The molecule has 0 saturated heterocycles. The standard InChI is InChI=1S/C81H142O17P2/c1-5-9-13-17-21-25-29-32-34-36-37-39-41-44-47-50-54-58-62-66-78(83)91-71-76(97-80(85)67-63-59-55-51-45-28-24-20-16-12-8-4)73-95-99(87,88)93-69-75(82)70-94-100(89,90)96-74-77(98-81(86)68-64-60-56-52-48-42-31-27-23-19-15-11-7-3)72-92-79(84)65-61-57-53-49-46-43-40-38-35-33-30-26-22-18-14-10-6-2/h10,14-15,19,21-22,25-27,31-35,37,39,75-77,82H,5-9,11-13,16-18,20,23-24,28-30,36,38,40-74H2,1-4H3,(H,87,88)(H,89,90)/b14-10-,19-15-,25-21-,26-22-,31-27-,34-32-,35-33-,39-37-. The van der Waals surface area contributed by atoms with Crippen LogP contribution in [0.2, 0.25) is 0 Å². The number of allylic oxidation sites excluding steroid dienone is 16. The Labute approximate surface area is 607 Å². The molecule has 100 heavy (non-hydrogen) atoms. The van der Waals surface area contributed by atoms with Crippen LogP contribution in [0.25, 0.3) is 0 Å². The maximum absolute atomic E-state index is 13.1. The molecule has 0 aliphatic rings. The summed E-state index contributed by atoms with van der Waals surface area (Å²) in [5.41, 5.74) is 0. The molecular weight excluding hydrogens is 1310 g/mol. The summed E-state index contributed by atoms with van der Waals surface area (Å²) >= 11 is 0. The minimum Gasteiger partial charge on any atom is -0.462 e. The van der Waals surface area contributed by atoms with Crippen molar-refractivity contribution in [3.8, 4) is 0 Å². The number of aliphatic hydroxyl groups is 1. The summed E-state index contributed by atoms with van der Waals surface area (Å²) in [5.74, 6) is -2.20. The van der Waals surface area contributed by atoms with Crippen molar-refractivity contribution in [2.24, 2.45) is 0 Å². The van der Waals surface area contributed by atoms with Crippen molar-refractivity contribution >= 4 is 39.5 Å². The Kier molecular flexibility index (Phi) is 70.4. The second-order valence-corrected chi connectivity index (χ2v) is 29.2. The zero-order valence-electron chi connectivity index (χ0n) is 63.1. The molecule has 0 aromatic heterocycles. The van der Waals surface area contributed by atoms with E-state index >= 15 is 0 Å². The van der Waals surface area contributed by atoms with Crippen LogP contribution < -0.4 is 0 Å². The van der Waals surface area contributed by atoms with Gasteiger partial charge in [-0.15, -0.1) is 0 Å². The lowest BCUT2D eigenvalue weighted by Gasteiger charge is -2.21. The topological polar surface area (TPSA) is 237 Å². The number of hydrogen-bond acceptors (Lipinski definition) is 15. The van der Waals surface area contributed by atoms with Crippen LogP contribution in [0.3, 0.4) is 0 Å². The number of aliphatic hydroxyl groups excluding tert-OH is 1. The van der Waals surface area contributed by atoms with Crippen molar-refractivity contribution in [1.82, 2.24) is 0 Å². The van der Waals surface area contributed by atoms with E-state index in [2.05, 4.69) is 125 Å². The highest BCUT2D eigenvalue weighted by atomic mass is 31.2. The van der Waals surface area contributed by atoms with Gasteiger partial charge < -0.3 is 33.8 Å². The van der Waals surface area contributed by atoms with Crippen LogP contribution in [0.1, 0.15) is 336 Å². The second kappa shape index (κ2) is 73.3. The van der Waals surface area contributed by atoms with Gasteiger partial charge in [0.1, 0.15) is 19.3 Å². The van der Waals surface area contributed by atoms with E-state index in [0.29, 0.717) is 25.7 Å². The Bertz CT molecular complexity index is 2270. The summed E-state index contributed by atoms with van der Waals surface area (Å²) < 4.78 is 68.5. The van der Waals surface area contributed by atoms with Gasteiger partial charge in [0.05, 0.1) is 26.4 Å². The normalized spacial score (nSPS) is 14.4. The maximum atomic E-state index is 13.1. The van der Waals surface area contributed by atoms with E-state index in [1.54, 1.807) is 0 Å². The molecule has 5 unspecified atom stereocenters. The van der Waals surface area contributed by atoms with Crippen molar-refractivity contribution in [3.63, 3.8) is 0 Å². The monoisotopic (exact) mass is 1450 g/mol. The number of carbonyl (C=O) groups is 4. The molecule has 0 radical (unpaired) electrons. The van der Waals surface area contributed by atoms with Gasteiger partial charge in [-0.05, 0) is 122 Å². The van der Waals surface area contributed by atoms with E-state index in [1.165, 1.54) is 57.8 Å². The third-order valence-corrected chi connectivity index (χ3v) is 18.4. The number of hydrogen-bond donors (Lipinski definition) is 3. The summed E-state index contributed by atoms with van der Waals surface area (Å²) in [6, 6.07) is 0. The predicted octanol–water partition coefficient (Wildman–Crippen LogP) is 22.8. The Morgan fingerprint density at radius 3 is 0.860 bits per heavy atom. The zero-order chi connectivity index (χ0) is 73.2. The Balaban J connectivity index is 5.30. The van der Waals surface area contributed by atoms with Crippen molar-refractivity contribution in [3.05, 3.63) is 97.2 Å². The zero-order valence-corrected chi connectivity index (χ0v) is 64.9. The van der Waals surface area contributed by atoms with Crippen molar-refractivity contribution in [2.45, 2.75) is 354 Å². The van der Waals surface area contributed by atoms with Gasteiger partial charge >= 0.3 is 39.5 Å². The minimum atomic E-state index is -4.98. The first-order chi connectivity index (χ1) is 48.7. The molecule has 0 amide bonds. The molecule has 0 aromatic carbocycles. The fourth-order valence-electron chi connectivity index (χ4n) is 10.5. The number of phosphoric ester groups is 2. The predicted molar refractivity (Wildman–Crippen MR) is 409 cm³/mol. The Hall–Kier alpha value is -4.02. The number of esters is 4. The maximum Gasteiger partial charge on any atom is 0.472 e. The van der Waals surface area contributed by atoms with Gasteiger partial charge in [-0.2, -0.15) is 0 Å². The van der Waals surface area contributed by atoms with Gasteiger partial charge in [0.2, 0.25) is 0 Å². The third kappa shape index (κ3) is 72.3. The summed E-state index contributed by atoms with van der Waals surface area (Å²) in [5, 5.41) is 10.6. The number of ether oxygens (including phenoxy) is 4. The summed E-state index contributed by atoms with van der Waals surface area (Å²) in [7, 11) is -9.95. The van der Waals surface area contributed by atoms with E-state index in [4.69, 9.17) is 37.0 Å². The van der Waals surface area contributed by atoms with Crippen LogP contribution in [-0.4, -0.2) is 96.7 Å². The fraction of sp³-hybridized carbons (Fsp3) is 0.753. The first-order valence-corrected chi connectivity index (χ1v) is 42.5. The summed E-state index contributed by atoms with van der Waals surface area (Å²) in [6.45, 7) is 4.66. The molecule has 17 nitrogen and oxygen atoms in total. The van der Waals surface area contributed by atoms with Gasteiger partial charge in [-0.25, -0.2) is 9.13 Å². The van der Waals surface area contributed by atoms with Gasteiger partial charge in [0, 0.05) is 25.7 Å². The fourth-order valence-corrected chi connectivity index (χ4v) is 12.1. The van der Waals surface area contributed by atoms with E-state index in [-0.39, 0.29) is 25.7 Å². The minimum absolute atomic E-state index is 0.0768. The average Bonchev–Trinajstić information content (AvgIpc) is 0.939.